The molecule has 1 rings (SSSR count). The van der Waals surface area contributed by atoms with Crippen molar-refractivity contribution < 1.29 is 4.42 Å². The Labute approximate surface area is 93.1 Å². The lowest BCUT2D eigenvalue weighted by molar-refractivity contribution is 0.326. The first kappa shape index (κ1) is 12.3. The van der Waals surface area contributed by atoms with Gasteiger partial charge in [0.1, 0.15) is 5.76 Å². The first-order valence-corrected chi connectivity index (χ1v) is 5.85. The van der Waals surface area contributed by atoms with Crippen LogP contribution in [0.15, 0.2) is 22.8 Å². The molecule has 0 bridgehead atoms. The van der Waals surface area contributed by atoms with Gasteiger partial charge in [0.2, 0.25) is 0 Å². The molecule has 0 aliphatic heterocycles. The van der Waals surface area contributed by atoms with Gasteiger partial charge < -0.3 is 9.73 Å². The molecule has 1 unspecified atom stereocenters. The van der Waals surface area contributed by atoms with Crippen molar-refractivity contribution in [3.8, 4) is 0 Å². The zero-order chi connectivity index (χ0) is 11.3. The maximum atomic E-state index is 5.39. The molecular weight excluding hydrogens is 186 g/mol. The largest absolute Gasteiger partial charge is 0.469 e. The van der Waals surface area contributed by atoms with Crippen LogP contribution in [0.2, 0.25) is 0 Å². The number of hydrogen-bond donors (Lipinski definition) is 1. The zero-order valence-electron chi connectivity index (χ0n) is 10.3. The second kappa shape index (κ2) is 5.96. The fraction of sp³-hybridized carbons (Fsp3) is 0.692. The molecule has 0 fully saturated rings. The fourth-order valence-electron chi connectivity index (χ4n) is 1.62. The van der Waals surface area contributed by atoms with Crippen LogP contribution in [0.3, 0.4) is 0 Å². The van der Waals surface area contributed by atoms with Crippen LogP contribution < -0.4 is 5.32 Å². The highest BCUT2D eigenvalue weighted by molar-refractivity contribution is 4.99. The van der Waals surface area contributed by atoms with E-state index in [4.69, 9.17) is 4.42 Å². The summed E-state index contributed by atoms with van der Waals surface area (Å²) in [7, 11) is 0. The van der Waals surface area contributed by atoms with E-state index in [1.165, 1.54) is 0 Å². The summed E-state index contributed by atoms with van der Waals surface area (Å²) in [6.45, 7) is 9.98. The molecule has 0 aromatic carbocycles. The lowest BCUT2D eigenvalue weighted by atomic mass is 9.91. The first-order chi connectivity index (χ1) is 7.09. The lowest BCUT2D eigenvalue weighted by Gasteiger charge is -2.21. The van der Waals surface area contributed by atoms with Crippen molar-refractivity contribution in [3.05, 3.63) is 24.2 Å². The molecule has 0 aliphatic rings. The van der Waals surface area contributed by atoms with Crippen LogP contribution in [0.5, 0.6) is 0 Å². The standard InChI is InChI=1S/C13H23NO/c1-10(2)12(9-14-11(3)4)8-13-6-5-7-15-13/h5-7,10-12,14H,8-9H2,1-4H3. The molecule has 1 atom stereocenters. The highest BCUT2D eigenvalue weighted by Crippen LogP contribution is 2.17. The number of hydrogen-bond acceptors (Lipinski definition) is 2. The Morgan fingerprint density at radius 3 is 2.47 bits per heavy atom. The summed E-state index contributed by atoms with van der Waals surface area (Å²) in [6, 6.07) is 4.58. The second-order valence-electron chi connectivity index (χ2n) is 4.85. The Balaban J connectivity index is 2.44. The monoisotopic (exact) mass is 209 g/mol. The summed E-state index contributed by atoms with van der Waals surface area (Å²) < 4.78 is 5.39. The fourth-order valence-corrected chi connectivity index (χ4v) is 1.62. The zero-order valence-corrected chi connectivity index (χ0v) is 10.3. The molecule has 0 saturated heterocycles. The molecule has 1 N–H and O–H groups in total. The van der Waals surface area contributed by atoms with Crippen LogP contribution in [-0.4, -0.2) is 12.6 Å². The average Bonchev–Trinajstić information content (AvgIpc) is 2.63. The Hall–Kier alpha value is -0.760. The van der Waals surface area contributed by atoms with Crippen LogP contribution in [0.1, 0.15) is 33.5 Å². The molecule has 15 heavy (non-hydrogen) atoms. The van der Waals surface area contributed by atoms with Crippen LogP contribution >= 0.6 is 0 Å². The summed E-state index contributed by atoms with van der Waals surface area (Å²) in [5.74, 6) is 2.43. The summed E-state index contributed by atoms with van der Waals surface area (Å²) in [5.41, 5.74) is 0. The molecular formula is C13H23NO. The SMILES string of the molecule is CC(C)NCC(Cc1ccco1)C(C)C. The molecule has 0 radical (unpaired) electrons. The molecule has 0 spiro atoms. The summed E-state index contributed by atoms with van der Waals surface area (Å²) in [5, 5.41) is 3.50. The topological polar surface area (TPSA) is 25.2 Å². The van der Waals surface area contributed by atoms with E-state index in [1.807, 2.05) is 6.07 Å². The predicted molar refractivity (Wildman–Crippen MR) is 63.9 cm³/mol. The van der Waals surface area contributed by atoms with E-state index >= 15 is 0 Å². The molecule has 2 nitrogen and oxygen atoms in total. The van der Waals surface area contributed by atoms with Crippen molar-refractivity contribution >= 4 is 0 Å². The number of rotatable bonds is 6. The maximum Gasteiger partial charge on any atom is 0.104 e. The van der Waals surface area contributed by atoms with Crippen LogP contribution in [0, 0.1) is 11.8 Å². The van der Waals surface area contributed by atoms with Crippen molar-refractivity contribution in [2.75, 3.05) is 6.54 Å². The van der Waals surface area contributed by atoms with E-state index in [2.05, 4.69) is 39.1 Å². The minimum atomic E-state index is 0.558. The molecule has 1 heterocycles. The summed E-state index contributed by atoms with van der Waals surface area (Å²) >= 11 is 0. The Bertz CT molecular complexity index is 252. The Morgan fingerprint density at radius 2 is 2.00 bits per heavy atom. The van der Waals surface area contributed by atoms with Crippen molar-refractivity contribution in [3.63, 3.8) is 0 Å². The highest BCUT2D eigenvalue weighted by Gasteiger charge is 2.15. The highest BCUT2D eigenvalue weighted by atomic mass is 16.3. The molecule has 0 aliphatic carbocycles. The van der Waals surface area contributed by atoms with Crippen LogP contribution in [-0.2, 0) is 6.42 Å². The molecule has 1 aromatic rings. The number of nitrogens with one attached hydrogen (secondary N) is 1. The van der Waals surface area contributed by atoms with Crippen molar-refractivity contribution in [1.82, 2.24) is 5.32 Å². The third-order valence-electron chi connectivity index (χ3n) is 2.77. The van der Waals surface area contributed by atoms with E-state index in [0.717, 1.165) is 18.7 Å². The molecule has 0 amide bonds. The second-order valence-corrected chi connectivity index (χ2v) is 4.85. The maximum absolute atomic E-state index is 5.39. The first-order valence-electron chi connectivity index (χ1n) is 5.85. The van der Waals surface area contributed by atoms with Gasteiger partial charge in [-0.2, -0.15) is 0 Å². The summed E-state index contributed by atoms with van der Waals surface area (Å²) in [6.07, 6.45) is 2.78. The normalized spacial score (nSPS) is 13.7. The molecule has 1 aromatic heterocycles. The van der Waals surface area contributed by atoms with Crippen molar-refractivity contribution in [2.24, 2.45) is 11.8 Å². The molecule has 2 heteroatoms. The van der Waals surface area contributed by atoms with E-state index in [-0.39, 0.29) is 0 Å². The van der Waals surface area contributed by atoms with Crippen molar-refractivity contribution in [2.45, 2.75) is 40.2 Å². The van der Waals surface area contributed by atoms with Gasteiger partial charge in [-0.15, -0.1) is 0 Å². The predicted octanol–water partition coefficient (Wildman–Crippen LogP) is 3.09. The minimum Gasteiger partial charge on any atom is -0.469 e. The Morgan fingerprint density at radius 1 is 1.27 bits per heavy atom. The van der Waals surface area contributed by atoms with Gasteiger partial charge in [-0.3, -0.25) is 0 Å². The van der Waals surface area contributed by atoms with Gasteiger partial charge in [-0.1, -0.05) is 27.7 Å². The summed E-state index contributed by atoms with van der Waals surface area (Å²) in [4.78, 5) is 0. The molecule has 0 saturated carbocycles. The third kappa shape index (κ3) is 4.52. The molecule has 86 valence electrons. The number of furan rings is 1. The lowest BCUT2D eigenvalue weighted by Crippen LogP contribution is -2.32. The average molecular weight is 209 g/mol. The van der Waals surface area contributed by atoms with Crippen molar-refractivity contribution in [1.29, 1.82) is 0 Å². The van der Waals surface area contributed by atoms with E-state index < -0.39 is 0 Å². The van der Waals surface area contributed by atoms with Gasteiger partial charge in [0.25, 0.3) is 0 Å². The third-order valence-corrected chi connectivity index (χ3v) is 2.77. The quantitative estimate of drug-likeness (QED) is 0.779. The van der Waals surface area contributed by atoms with Gasteiger partial charge >= 0.3 is 0 Å². The van der Waals surface area contributed by atoms with E-state index in [9.17, 15) is 0 Å². The Kier molecular flexibility index (Phi) is 4.89. The van der Waals surface area contributed by atoms with E-state index in [0.29, 0.717) is 17.9 Å². The van der Waals surface area contributed by atoms with E-state index in [1.54, 1.807) is 6.26 Å². The minimum absolute atomic E-state index is 0.558. The van der Waals surface area contributed by atoms with Crippen LogP contribution in [0.4, 0.5) is 0 Å². The smallest absolute Gasteiger partial charge is 0.104 e. The van der Waals surface area contributed by atoms with Gasteiger partial charge in [0, 0.05) is 12.5 Å². The van der Waals surface area contributed by atoms with Gasteiger partial charge in [0.05, 0.1) is 6.26 Å². The van der Waals surface area contributed by atoms with Gasteiger partial charge in [-0.25, -0.2) is 0 Å². The van der Waals surface area contributed by atoms with Gasteiger partial charge in [0.15, 0.2) is 0 Å². The van der Waals surface area contributed by atoms with Gasteiger partial charge in [-0.05, 0) is 30.5 Å². The van der Waals surface area contributed by atoms with Crippen LogP contribution in [0.25, 0.3) is 0 Å².